The summed E-state index contributed by atoms with van der Waals surface area (Å²) in [6.07, 6.45) is 3.08. The fourth-order valence-corrected chi connectivity index (χ4v) is 3.90. The number of hydrogen-bond acceptors (Lipinski definition) is 3. The first-order valence-corrected chi connectivity index (χ1v) is 10.3. The predicted molar refractivity (Wildman–Crippen MR) is 120 cm³/mol. The number of hydrogen-bond donors (Lipinski definition) is 1. The van der Waals surface area contributed by atoms with Crippen LogP contribution in [0, 0.1) is 0 Å². The van der Waals surface area contributed by atoms with E-state index in [1.165, 1.54) is 6.08 Å². The minimum atomic E-state index is -0.258. The van der Waals surface area contributed by atoms with Crippen molar-refractivity contribution >= 4 is 58.2 Å². The third kappa shape index (κ3) is 5.42. The summed E-state index contributed by atoms with van der Waals surface area (Å²) in [5.41, 5.74) is 2.37. The molecule has 0 bridgehead atoms. The zero-order chi connectivity index (χ0) is 20.1. The van der Waals surface area contributed by atoms with E-state index in [4.69, 9.17) is 34.8 Å². The van der Waals surface area contributed by atoms with E-state index < -0.39 is 0 Å². The maximum atomic E-state index is 12.2. The van der Waals surface area contributed by atoms with Crippen LogP contribution < -0.4 is 10.2 Å². The molecule has 0 unspecified atom stereocenters. The highest BCUT2D eigenvalue weighted by atomic mass is 35.5. The van der Waals surface area contributed by atoms with Crippen LogP contribution in [0.2, 0.25) is 15.1 Å². The third-order valence-electron chi connectivity index (χ3n) is 4.75. The topological polar surface area (TPSA) is 35.6 Å². The molecule has 0 radical (unpaired) electrons. The molecule has 7 heteroatoms. The third-order valence-corrected chi connectivity index (χ3v) is 5.62. The van der Waals surface area contributed by atoms with Crippen molar-refractivity contribution in [2.75, 3.05) is 42.9 Å². The standard InChI is InChI=1S/C21H22Cl3N3O/c1-2-26-9-11-27(12-10-26)20-7-6-17(14-19(20)24)25-21(28)8-4-15-3-5-16(22)13-18(15)23/h3-8,13-14H,2,9-12H2,1H3,(H,25,28)/b8-4+. The SMILES string of the molecule is CCN1CCN(c2ccc(NC(=O)/C=C/c3ccc(Cl)cc3Cl)cc2Cl)CC1. The van der Waals surface area contributed by atoms with Gasteiger partial charge < -0.3 is 15.1 Å². The maximum Gasteiger partial charge on any atom is 0.248 e. The van der Waals surface area contributed by atoms with Gasteiger partial charge in [0.2, 0.25) is 5.91 Å². The molecule has 0 saturated carbocycles. The Balaban J connectivity index is 1.62. The lowest BCUT2D eigenvalue weighted by Crippen LogP contribution is -2.46. The van der Waals surface area contributed by atoms with Crippen LogP contribution in [-0.2, 0) is 4.79 Å². The molecule has 1 amide bonds. The number of carbonyl (C=O) groups excluding carboxylic acids is 1. The van der Waals surface area contributed by atoms with Gasteiger partial charge in [0.15, 0.2) is 0 Å². The number of piperazine rings is 1. The maximum absolute atomic E-state index is 12.2. The molecule has 2 aromatic carbocycles. The second kappa shape index (κ2) is 9.66. The molecule has 0 atom stereocenters. The Kier molecular flexibility index (Phi) is 7.24. The molecule has 1 heterocycles. The monoisotopic (exact) mass is 437 g/mol. The molecule has 1 fully saturated rings. The minimum absolute atomic E-state index is 0.258. The van der Waals surface area contributed by atoms with E-state index in [2.05, 4.69) is 22.0 Å². The summed E-state index contributed by atoms with van der Waals surface area (Å²) in [6.45, 7) is 7.21. The van der Waals surface area contributed by atoms with E-state index in [0.29, 0.717) is 20.8 Å². The van der Waals surface area contributed by atoms with Crippen LogP contribution in [0.5, 0.6) is 0 Å². The van der Waals surface area contributed by atoms with Gasteiger partial charge in [-0.25, -0.2) is 0 Å². The molecule has 148 valence electrons. The second-order valence-electron chi connectivity index (χ2n) is 6.58. The summed E-state index contributed by atoms with van der Waals surface area (Å²) in [6, 6.07) is 10.7. The average molecular weight is 439 g/mol. The van der Waals surface area contributed by atoms with E-state index in [-0.39, 0.29) is 5.91 Å². The lowest BCUT2D eigenvalue weighted by atomic mass is 10.2. The van der Waals surface area contributed by atoms with Crippen molar-refractivity contribution in [3.63, 3.8) is 0 Å². The number of amides is 1. The number of anilines is 2. The van der Waals surface area contributed by atoms with Gasteiger partial charge in [0.25, 0.3) is 0 Å². The zero-order valence-electron chi connectivity index (χ0n) is 15.6. The molecule has 0 aromatic heterocycles. The number of carbonyl (C=O) groups is 1. The zero-order valence-corrected chi connectivity index (χ0v) is 17.9. The lowest BCUT2D eigenvalue weighted by molar-refractivity contribution is -0.111. The quantitative estimate of drug-likeness (QED) is 0.631. The highest BCUT2D eigenvalue weighted by Crippen LogP contribution is 2.30. The summed E-state index contributed by atoms with van der Waals surface area (Å²) in [5.74, 6) is -0.258. The van der Waals surface area contributed by atoms with Gasteiger partial charge in [-0.3, -0.25) is 4.79 Å². The van der Waals surface area contributed by atoms with Gasteiger partial charge in [0.05, 0.1) is 10.7 Å². The van der Waals surface area contributed by atoms with Crippen LogP contribution in [0.15, 0.2) is 42.5 Å². The largest absolute Gasteiger partial charge is 0.368 e. The first kappa shape index (κ1) is 21.0. The molecule has 1 N–H and O–H groups in total. The fourth-order valence-electron chi connectivity index (χ4n) is 3.13. The van der Waals surface area contributed by atoms with Crippen LogP contribution in [0.1, 0.15) is 12.5 Å². The molecule has 0 aliphatic carbocycles. The van der Waals surface area contributed by atoms with E-state index in [1.54, 1.807) is 30.3 Å². The summed E-state index contributed by atoms with van der Waals surface area (Å²) < 4.78 is 0. The minimum Gasteiger partial charge on any atom is -0.368 e. The first-order valence-electron chi connectivity index (χ1n) is 9.17. The van der Waals surface area contributed by atoms with Crippen molar-refractivity contribution in [1.82, 2.24) is 4.90 Å². The Morgan fingerprint density at radius 3 is 2.43 bits per heavy atom. The predicted octanol–water partition coefficient (Wildman–Crippen LogP) is 5.44. The Hall–Kier alpha value is -1.72. The molecule has 2 aromatic rings. The van der Waals surface area contributed by atoms with Crippen molar-refractivity contribution < 1.29 is 4.79 Å². The fraction of sp³-hybridized carbons (Fsp3) is 0.286. The van der Waals surface area contributed by atoms with E-state index in [1.807, 2.05) is 12.1 Å². The highest BCUT2D eigenvalue weighted by molar-refractivity contribution is 6.35. The molecular weight excluding hydrogens is 417 g/mol. The normalized spacial score (nSPS) is 15.2. The molecule has 1 aliphatic heterocycles. The van der Waals surface area contributed by atoms with Gasteiger partial charge in [-0.15, -0.1) is 0 Å². The van der Waals surface area contributed by atoms with Crippen LogP contribution in [-0.4, -0.2) is 43.5 Å². The van der Waals surface area contributed by atoms with Crippen molar-refractivity contribution in [3.8, 4) is 0 Å². The van der Waals surface area contributed by atoms with E-state index in [0.717, 1.165) is 44.0 Å². The molecule has 28 heavy (non-hydrogen) atoms. The molecule has 4 nitrogen and oxygen atoms in total. The Labute approximate surface area is 180 Å². The Morgan fingerprint density at radius 2 is 1.79 bits per heavy atom. The van der Waals surface area contributed by atoms with Crippen molar-refractivity contribution in [2.24, 2.45) is 0 Å². The Bertz CT molecular complexity index is 877. The second-order valence-corrected chi connectivity index (χ2v) is 7.83. The van der Waals surface area contributed by atoms with Gasteiger partial charge in [0, 0.05) is 48.0 Å². The number of nitrogens with zero attached hydrogens (tertiary/aromatic N) is 2. The van der Waals surface area contributed by atoms with Crippen molar-refractivity contribution in [3.05, 3.63) is 63.1 Å². The first-order chi connectivity index (χ1) is 13.5. The summed E-state index contributed by atoms with van der Waals surface area (Å²) >= 11 is 18.5. The number of rotatable bonds is 5. The molecular formula is C21H22Cl3N3O. The van der Waals surface area contributed by atoms with Crippen LogP contribution in [0.25, 0.3) is 6.08 Å². The van der Waals surface area contributed by atoms with Crippen molar-refractivity contribution in [1.29, 1.82) is 0 Å². The lowest BCUT2D eigenvalue weighted by Gasteiger charge is -2.36. The number of nitrogens with one attached hydrogen (secondary N) is 1. The average Bonchev–Trinajstić information content (AvgIpc) is 2.67. The van der Waals surface area contributed by atoms with Gasteiger partial charge in [-0.1, -0.05) is 47.8 Å². The van der Waals surface area contributed by atoms with Crippen LogP contribution in [0.4, 0.5) is 11.4 Å². The number of halogens is 3. The number of benzene rings is 2. The van der Waals surface area contributed by atoms with Gasteiger partial charge in [-0.05, 0) is 48.5 Å². The Morgan fingerprint density at radius 1 is 1.04 bits per heavy atom. The van der Waals surface area contributed by atoms with Crippen molar-refractivity contribution in [2.45, 2.75) is 6.92 Å². The summed E-state index contributed by atoms with van der Waals surface area (Å²) in [5, 5.41) is 4.50. The molecule has 1 saturated heterocycles. The van der Waals surface area contributed by atoms with Crippen LogP contribution in [0.3, 0.4) is 0 Å². The van der Waals surface area contributed by atoms with E-state index >= 15 is 0 Å². The summed E-state index contributed by atoms with van der Waals surface area (Å²) in [7, 11) is 0. The molecule has 3 rings (SSSR count). The van der Waals surface area contributed by atoms with E-state index in [9.17, 15) is 4.79 Å². The highest BCUT2D eigenvalue weighted by Gasteiger charge is 2.18. The van der Waals surface area contributed by atoms with Gasteiger partial charge in [0.1, 0.15) is 0 Å². The number of likely N-dealkylation sites (N-methyl/N-ethyl adjacent to an activating group) is 1. The molecule has 1 aliphatic rings. The molecule has 0 spiro atoms. The summed E-state index contributed by atoms with van der Waals surface area (Å²) in [4.78, 5) is 16.9. The van der Waals surface area contributed by atoms with Gasteiger partial charge in [-0.2, -0.15) is 0 Å². The van der Waals surface area contributed by atoms with Crippen LogP contribution >= 0.6 is 34.8 Å². The van der Waals surface area contributed by atoms with Gasteiger partial charge >= 0.3 is 0 Å². The smallest absolute Gasteiger partial charge is 0.248 e.